The van der Waals surface area contributed by atoms with Crippen molar-refractivity contribution >= 4 is 34.3 Å². The zero-order valence-electron chi connectivity index (χ0n) is 13.5. The molecule has 0 saturated carbocycles. The van der Waals surface area contributed by atoms with Crippen molar-refractivity contribution < 1.29 is 4.74 Å². The number of ether oxygens (including phenoxy) is 1. The molecule has 0 aliphatic carbocycles. The number of hydrogen-bond acceptors (Lipinski definition) is 4. The van der Waals surface area contributed by atoms with E-state index in [2.05, 4.69) is 15.3 Å². The van der Waals surface area contributed by atoms with Gasteiger partial charge in [-0.05, 0) is 12.1 Å². The predicted octanol–water partition coefficient (Wildman–Crippen LogP) is 5.03. The number of anilines is 2. The fourth-order valence-electron chi connectivity index (χ4n) is 2.72. The summed E-state index contributed by atoms with van der Waals surface area (Å²) in [6.07, 6.45) is 1.72. The maximum absolute atomic E-state index is 6.34. The zero-order valence-corrected chi connectivity index (χ0v) is 14.2. The molecule has 0 fully saturated rings. The Morgan fingerprint density at radius 3 is 2.56 bits per heavy atom. The van der Waals surface area contributed by atoms with Crippen LogP contribution in [0.3, 0.4) is 0 Å². The molecule has 2 aromatic heterocycles. The molecule has 0 unspecified atom stereocenters. The second kappa shape index (κ2) is 6.45. The molecule has 0 saturated heterocycles. The molecule has 0 radical (unpaired) electrons. The molecule has 124 valence electrons. The number of benzene rings is 2. The van der Waals surface area contributed by atoms with E-state index in [1.165, 1.54) is 0 Å². The molecule has 0 aliphatic rings. The maximum Gasteiger partial charge on any atom is 0.229 e. The van der Waals surface area contributed by atoms with E-state index in [0.29, 0.717) is 16.6 Å². The first kappa shape index (κ1) is 15.5. The average Bonchev–Trinajstić information content (AvgIpc) is 3.03. The van der Waals surface area contributed by atoms with Gasteiger partial charge in [-0.2, -0.15) is 4.98 Å². The van der Waals surface area contributed by atoms with Crippen molar-refractivity contribution in [3.63, 3.8) is 0 Å². The molecule has 4 rings (SSSR count). The number of H-pyrrole nitrogens is 1. The molecule has 5 nitrogen and oxygen atoms in total. The first-order valence-electron chi connectivity index (χ1n) is 7.76. The van der Waals surface area contributed by atoms with Gasteiger partial charge >= 0.3 is 0 Å². The lowest BCUT2D eigenvalue weighted by atomic mass is 10.1. The molecule has 4 aromatic rings. The van der Waals surface area contributed by atoms with Crippen LogP contribution in [0.25, 0.3) is 22.3 Å². The molecular formula is C19H15ClN4O. The monoisotopic (exact) mass is 350 g/mol. The Morgan fingerprint density at radius 2 is 1.76 bits per heavy atom. The minimum atomic E-state index is 0.467. The lowest BCUT2D eigenvalue weighted by Gasteiger charge is -2.11. The van der Waals surface area contributed by atoms with Crippen LogP contribution in [0.2, 0.25) is 5.02 Å². The topological polar surface area (TPSA) is 62.8 Å². The second-order valence-electron chi connectivity index (χ2n) is 5.45. The molecule has 0 atom stereocenters. The van der Waals surface area contributed by atoms with Gasteiger partial charge in [0.1, 0.15) is 11.4 Å². The molecule has 2 heterocycles. The van der Waals surface area contributed by atoms with Gasteiger partial charge in [0.25, 0.3) is 0 Å². The van der Waals surface area contributed by atoms with Gasteiger partial charge in [-0.15, -0.1) is 0 Å². The summed E-state index contributed by atoms with van der Waals surface area (Å²) in [6.45, 7) is 0. The van der Waals surface area contributed by atoms with Crippen molar-refractivity contribution in [2.24, 2.45) is 0 Å². The van der Waals surface area contributed by atoms with Crippen molar-refractivity contribution in [3.8, 4) is 17.0 Å². The summed E-state index contributed by atoms with van der Waals surface area (Å²) < 4.78 is 5.38. The highest BCUT2D eigenvalue weighted by molar-refractivity contribution is 6.36. The third-order valence-corrected chi connectivity index (χ3v) is 4.18. The molecule has 25 heavy (non-hydrogen) atoms. The van der Waals surface area contributed by atoms with Gasteiger partial charge in [0.05, 0.1) is 28.9 Å². The number of nitrogens with zero attached hydrogens (tertiary/aromatic N) is 2. The summed E-state index contributed by atoms with van der Waals surface area (Å²) >= 11 is 6.34. The number of rotatable bonds is 4. The number of hydrogen-bond donors (Lipinski definition) is 2. The largest absolute Gasteiger partial charge is 0.495 e. The first-order chi connectivity index (χ1) is 12.3. The van der Waals surface area contributed by atoms with Gasteiger partial charge in [-0.1, -0.05) is 54.1 Å². The predicted molar refractivity (Wildman–Crippen MR) is 101 cm³/mol. The average molecular weight is 351 g/mol. The Labute approximate surface area is 149 Å². The minimum absolute atomic E-state index is 0.467. The third-order valence-electron chi connectivity index (χ3n) is 3.88. The van der Waals surface area contributed by atoms with Crippen molar-refractivity contribution in [2.45, 2.75) is 0 Å². The van der Waals surface area contributed by atoms with Crippen LogP contribution >= 0.6 is 11.6 Å². The molecular weight excluding hydrogens is 336 g/mol. The zero-order chi connectivity index (χ0) is 17.2. The van der Waals surface area contributed by atoms with E-state index in [1.54, 1.807) is 13.3 Å². The number of fused-ring (bicyclic) bond motifs is 1. The van der Waals surface area contributed by atoms with E-state index in [4.69, 9.17) is 21.3 Å². The fourth-order valence-corrected chi connectivity index (χ4v) is 2.96. The van der Waals surface area contributed by atoms with Gasteiger partial charge in [0.2, 0.25) is 5.95 Å². The van der Waals surface area contributed by atoms with Gasteiger partial charge in [0, 0.05) is 11.8 Å². The summed E-state index contributed by atoms with van der Waals surface area (Å²) in [7, 11) is 1.63. The van der Waals surface area contributed by atoms with E-state index in [-0.39, 0.29) is 0 Å². The van der Waals surface area contributed by atoms with Crippen LogP contribution in [0.1, 0.15) is 0 Å². The van der Waals surface area contributed by atoms with E-state index >= 15 is 0 Å². The highest BCUT2D eigenvalue weighted by atomic mass is 35.5. The SMILES string of the molecule is COc1ccccc1Nc1nc(-c2ccccc2)c2c(Cl)c[nH]c2n1. The normalized spacial score (nSPS) is 10.8. The van der Waals surface area contributed by atoms with Crippen molar-refractivity contribution in [1.82, 2.24) is 15.0 Å². The van der Waals surface area contributed by atoms with E-state index in [0.717, 1.165) is 28.1 Å². The van der Waals surface area contributed by atoms with Crippen LogP contribution in [0.5, 0.6) is 5.75 Å². The molecule has 0 aliphatic heterocycles. The molecule has 0 bridgehead atoms. The molecule has 0 amide bonds. The number of aromatic nitrogens is 3. The number of para-hydroxylation sites is 2. The van der Waals surface area contributed by atoms with Crippen LogP contribution in [0.15, 0.2) is 60.8 Å². The highest BCUT2D eigenvalue weighted by Crippen LogP contribution is 2.33. The van der Waals surface area contributed by atoms with Crippen molar-refractivity contribution in [2.75, 3.05) is 12.4 Å². The Morgan fingerprint density at radius 1 is 1.00 bits per heavy atom. The van der Waals surface area contributed by atoms with Crippen LogP contribution in [-0.4, -0.2) is 22.1 Å². The smallest absolute Gasteiger partial charge is 0.229 e. The van der Waals surface area contributed by atoms with Crippen LogP contribution in [0, 0.1) is 0 Å². The third kappa shape index (κ3) is 2.90. The summed E-state index contributed by atoms with van der Waals surface area (Å²) in [5.41, 5.74) is 3.21. The van der Waals surface area contributed by atoms with Gasteiger partial charge in [-0.25, -0.2) is 4.98 Å². The van der Waals surface area contributed by atoms with E-state index < -0.39 is 0 Å². The summed E-state index contributed by atoms with van der Waals surface area (Å²) in [5.74, 6) is 1.19. The molecule has 0 spiro atoms. The Hall–Kier alpha value is -3.05. The first-order valence-corrected chi connectivity index (χ1v) is 8.14. The van der Waals surface area contributed by atoms with Gasteiger partial charge in [0.15, 0.2) is 0 Å². The second-order valence-corrected chi connectivity index (χ2v) is 5.85. The summed E-state index contributed by atoms with van der Waals surface area (Å²) in [4.78, 5) is 12.3. The number of nitrogens with one attached hydrogen (secondary N) is 2. The summed E-state index contributed by atoms with van der Waals surface area (Å²) in [6, 6.07) is 17.5. The maximum atomic E-state index is 6.34. The van der Waals surface area contributed by atoms with Crippen LogP contribution in [-0.2, 0) is 0 Å². The Bertz CT molecular complexity index is 1030. The fraction of sp³-hybridized carbons (Fsp3) is 0.0526. The summed E-state index contributed by atoms with van der Waals surface area (Å²) in [5, 5.41) is 4.62. The lowest BCUT2D eigenvalue weighted by Crippen LogP contribution is -2.01. The Balaban J connectivity index is 1.86. The molecule has 6 heteroatoms. The highest BCUT2D eigenvalue weighted by Gasteiger charge is 2.15. The van der Waals surface area contributed by atoms with Crippen LogP contribution < -0.4 is 10.1 Å². The van der Waals surface area contributed by atoms with Gasteiger partial charge in [-0.3, -0.25) is 0 Å². The lowest BCUT2D eigenvalue weighted by molar-refractivity contribution is 0.417. The van der Waals surface area contributed by atoms with Crippen LogP contribution in [0.4, 0.5) is 11.6 Å². The minimum Gasteiger partial charge on any atom is -0.495 e. The van der Waals surface area contributed by atoms with Gasteiger partial charge < -0.3 is 15.0 Å². The number of halogens is 1. The van der Waals surface area contributed by atoms with E-state index in [1.807, 2.05) is 54.6 Å². The molecule has 2 aromatic carbocycles. The van der Waals surface area contributed by atoms with Crippen molar-refractivity contribution in [3.05, 3.63) is 65.8 Å². The number of aromatic amines is 1. The number of methoxy groups -OCH3 is 1. The molecule has 2 N–H and O–H groups in total. The van der Waals surface area contributed by atoms with Crippen molar-refractivity contribution in [1.29, 1.82) is 0 Å². The Kier molecular flexibility index (Phi) is 3.99. The van der Waals surface area contributed by atoms with E-state index in [9.17, 15) is 0 Å². The standard InChI is InChI=1S/C19H15ClN4O/c1-25-15-10-6-5-9-14(15)22-19-23-17(12-7-3-2-4-8-12)16-13(20)11-21-18(16)24-19/h2-11H,1H3,(H2,21,22,23,24). The quantitative estimate of drug-likeness (QED) is 0.541.